The number of carbonyl (C=O) groups is 1. The Labute approximate surface area is 148 Å². The van der Waals surface area contributed by atoms with Crippen LogP contribution in [0.5, 0.6) is 0 Å². The third-order valence-corrected chi connectivity index (χ3v) is 5.21. The van der Waals surface area contributed by atoms with E-state index in [9.17, 15) is 4.79 Å². The summed E-state index contributed by atoms with van der Waals surface area (Å²) in [5, 5.41) is 10.2. The number of urea groups is 1. The van der Waals surface area contributed by atoms with Crippen LogP contribution in [0.25, 0.3) is 0 Å². The van der Waals surface area contributed by atoms with E-state index in [-0.39, 0.29) is 6.03 Å². The number of amides is 2. The molecule has 0 radical (unpaired) electrons. The molecule has 4 rings (SSSR count). The maximum Gasteiger partial charge on any atom is 0.315 e. The summed E-state index contributed by atoms with van der Waals surface area (Å²) in [5.74, 6) is 2.43. The molecule has 0 unspecified atom stereocenters. The molecule has 6 nitrogen and oxygen atoms in total. The molecule has 1 heterocycles. The van der Waals surface area contributed by atoms with Gasteiger partial charge >= 0.3 is 6.03 Å². The van der Waals surface area contributed by atoms with E-state index < -0.39 is 0 Å². The summed E-state index contributed by atoms with van der Waals surface area (Å²) in [6.07, 6.45) is 8.64. The van der Waals surface area contributed by atoms with Gasteiger partial charge in [-0.1, -0.05) is 24.3 Å². The first-order valence-corrected chi connectivity index (χ1v) is 9.20. The van der Waals surface area contributed by atoms with E-state index in [1.54, 1.807) is 11.0 Å². The summed E-state index contributed by atoms with van der Waals surface area (Å²) in [4.78, 5) is 16.1. The lowest BCUT2D eigenvalue weighted by Crippen LogP contribution is -2.38. The average Bonchev–Trinajstić information content (AvgIpc) is 3.55. The van der Waals surface area contributed by atoms with Gasteiger partial charge in [0.05, 0.1) is 6.54 Å². The van der Waals surface area contributed by atoms with Gasteiger partial charge in [-0.3, -0.25) is 0 Å². The minimum absolute atomic E-state index is 0.0621. The number of nitrogens with zero attached hydrogens (tertiary/aromatic N) is 3. The normalized spacial score (nSPS) is 16.8. The number of carbonyl (C=O) groups excluding carboxylic acids is 1. The zero-order valence-corrected chi connectivity index (χ0v) is 14.4. The Hall–Kier alpha value is -2.37. The molecule has 0 aliphatic heterocycles. The van der Waals surface area contributed by atoms with Crippen molar-refractivity contribution in [2.45, 2.75) is 38.8 Å². The lowest BCUT2D eigenvalue weighted by atomic mass is 9.98. The summed E-state index contributed by atoms with van der Waals surface area (Å²) in [7, 11) is 0. The summed E-state index contributed by atoms with van der Waals surface area (Å²) in [6, 6.07) is 8.13. The van der Waals surface area contributed by atoms with Crippen molar-refractivity contribution in [1.82, 2.24) is 25.4 Å². The Morgan fingerprint density at radius 3 is 2.60 bits per heavy atom. The molecule has 0 atom stereocenters. The van der Waals surface area contributed by atoms with Crippen molar-refractivity contribution in [3.8, 4) is 0 Å². The summed E-state index contributed by atoms with van der Waals surface area (Å²) < 4.78 is 1.79. The average molecular weight is 339 g/mol. The van der Waals surface area contributed by atoms with Crippen LogP contribution in [-0.4, -0.2) is 27.3 Å². The monoisotopic (exact) mass is 339 g/mol. The van der Waals surface area contributed by atoms with Gasteiger partial charge in [-0.15, -0.1) is 0 Å². The van der Waals surface area contributed by atoms with Crippen LogP contribution in [0.2, 0.25) is 0 Å². The van der Waals surface area contributed by atoms with Crippen molar-refractivity contribution >= 4 is 6.03 Å². The van der Waals surface area contributed by atoms with Crippen LogP contribution in [0.4, 0.5) is 4.79 Å². The third kappa shape index (κ3) is 4.59. The number of hydrogen-bond donors (Lipinski definition) is 2. The molecule has 25 heavy (non-hydrogen) atoms. The minimum Gasteiger partial charge on any atom is -0.338 e. The molecule has 2 aliphatic carbocycles. The molecule has 1 aromatic carbocycles. The minimum atomic E-state index is -0.0621. The van der Waals surface area contributed by atoms with Crippen molar-refractivity contribution in [2.24, 2.45) is 17.8 Å². The van der Waals surface area contributed by atoms with Crippen LogP contribution in [-0.2, 0) is 13.1 Å². The van der Waals surface area contributed by atoms with Gasteiger partial charge in [0.1, 0.15) is 12.7 Å². The third-order valence-electron chi connectivity index (χ3n) is 5.21. The van der Waals surface area contributed by atoms with E-state index in [0.717, 1.165) is 29.5 Å². The maximum absolute atomic E-state index is 12.1. The Kier molecular flexibility index (Phi) is 4.68. The predicted octanol–water partition coefficient (Wildman–Crippen LogP) is 2.56. The molecule has 0 saturated heterocycles. The van der Waals surface area contributed by atoms with Crippen LogP contribution >= 0.6 is 0 Å². The molecule has 6 heteroatoms. The van der Waals surface area contributed by atoms with E-state index in [1.807, 2.05) is 12.1 Å². The summed E-state index contributed by atoms with van der Waals surface area (Å²) >= 11 is 0. The Bertz CT molecular complexity index is 694. The van der Waals surface area contributed by atoms with Gasteiger partial charge in [-0.2, -0.15) is 5.10 Å². The van der Waals surface area contributed by atoms with Crippen molar-refractivity contribution in [3.63, 3.8) is 0 Å². The Balaban J connectivity index is 1.24. The molecular formula is C19H25N5O. The Morgan fingerprint density at radius 2 is 1.92 bits per heavy atom. The second-order valence-corrected chi connectivity index (χ2v) is 7.32. The second-order valence-electron chi connectivity index (χ2n) is 7.32. The number of aromatic nitrogens is 3. The van der Waals surface area contributed by atoms with Gasteiger partial charge in [0.25, 0.3) is 0 Å². The highest BCUT2D eigenvalue weighted by atomic mass is 16.2. The molecule has 0 spiro atoms. The number of benzene rings is 1. The van der Waals surface area contributed by atoms with Crippen LogP contribution in [0.15, 0.2) is 36.9 Å². The van der Waals surface area contributed by atoms with Crippen molar-refractivity contribution in [2.75, 3.05) is 6.54 Å². The molecule has 2 aliphatic rings. The molecule has 2 saturated carbocycles. The van der Waals surface area contributed by atoms with Crippen LogP contribution < -0.4 is 10.6 Å². The quantitative estimate of drug-likeness (QED) is 0.776. The fourth-order valence-corrected chi connectivity index (χ4v) is 3.56. The van der Waals surface area contributed by atoms with Crippen LogP contribution in [0.3, 0.4) is 0 Å². The fourth-order valence-electron chi connectivity index (χ4n) is 3.56. The summed E-state index contributed by atoms with van der Waals surface area (Å²) in [6.45, 7) is 2.05. The maximum atomic E-state index is 12.1. The van der Waals surface area contributed by atoms with Crippen molar-refractivity contribution < 1.29 is 4.79 Å². The first-order valence-electron chi connectivity index (χ1n) is 9.20. The van der Waals surface area contributed by atoms with E-state index in [1.165, 1.54) is 32.0 Å². The highest BCUT2D eigenvalue weighted by molar-refractivity contribution is 5.73. The molecule has 2 fully saturated rings. The molecule has 132 valence electrons. The standard InChI is InChI=1S/C19H25N5O/c25-19(22-10-18(16-4-5-16)17-6-7-17)21-9-14-2-1-3-15(8-14)11-24-13-20-12-23-24/h1-3,8,12-13,16-18H,4-7,9-11H2,(H2,21,22,25). The van der Waals surface area contributed by atoms with Crippen molar-refractivity contribution in [3.05, 3.63) is 48.0 Å². The topological polar surface area (TPSA) is 71.8 Å². The molecule has 2 aromatic rings. The first-order chi connectivity index (χ1) is 12.3. The van der Waals surface area contributed by atoms with Gasteiger partial charge in [-0.25, -0.2) is 14.5 Å². The molecule has 2 amide bonds. The molecule has 1 aromatic heterocycles. The second kappa shape index (κ2) is 7.25. The highest BCUT2D eigenvalue weighted by Crippen LogP contribution is 2.48. The van der Waals surface area contributed by atoms with E-state index >= 15 is 0 Å². The van der Waals surface area contributed by atoms with E-state index in [2.05, 4.69) is 32.8 Å². The van der Waals surface area contributed by atoms with Crippen molar-refractivity contribution in [1.29, 1.82) is 0 Å². The summed E-state index contributed by atoms with van der Waals surface area (Å²) in [5.41, 5.74) is 2.24. The number of nitrogens with one attached hydrogen (secondary N) is 2. The number of hydrogen-bond acceptors (Lipinski definition) is 3. The van der Waals surface area contributed by atoms with Crippen LogP contribution in [0.1, 0.15) is 36.8 Å². The van der Waals surface area contributed by atoms with Gasteiger partial charge < -0.3 is 10.6 Å². The zero-order valence-electron chi connectivity index (χ0n) is 14.4. The first kappa shape index (κ1) is 16.1. The Morgan fingerprint density at radius 1 is 1.16 bits per heavy atom. The highest BCUT2D eigenvalue weighted by Gasteiger charge is 2.41. The lowest BCUT2D eigenvalue weighted by Gasteiger charge is -2.16. The van der Waals surface area contributed by atoms with E-state index in [0.29, 0.717) is 19.0 Å². The number of rotatable bonds is 8. The van der Waals surface area contributed by atoms with Gasteiger partial charge in [0, 0.05) is 13.1 Å². The van der Waals surface area contributed by atoms with Gasteiger partial charge in [0.2, 0.25) is 0 Å². The molecular weight excluding hydrogens is 314 g/mol. The molecule has 0 bridgehead atoms. The van der Waals surface area contributed by atoms with Gasteiger partial charge in [-0.05, 0) is 54.6 Å². The van der Waals surface area contributed by atoms with Gasteiger partial charge in [0.15, 0.2) is 0 Å². The fraction of sp³-hybridized carbons (Fsp3) is 0.526. The lowest BCUT2D eigenvalue weighted by molar-refractivity contribution is 0.236. The predicted molar refractivity (Wildman–Crippen MR) is 94.7 cm³/mol. The largest absolute Gasteiger partial charge is 0.338 e. The zero-order chi connectivity index (χ0) is 17.1. The van der Waals surface area contributed by atoms with Crippen LogP contribution in [0, 0.1) is 17.8 Å². The SMILES string of the molecule is O=C(NCc1cccc(Cn2cncn2)c1)NCC(C1CC1)C1CC1. The molecule has 2 N–H and O–H groups in total. The van der Waals surface area contributed by atoms with E-state index in [4.69, 9.17) is 0 Å². The smallest absolute Gasteiger partial charge is 0.315 e.